The van der Waals surface area contributed by atoms with Crippen LogP contribution >= 0.6 is 0 Å². The molecule has 4 saturated carbocycles. The third-order valence-electron chi connectivity index (χ3n) is 10.5. The predicted molar refractivity (Wildman–Crippen MR) is 118 cm³/mol. The number of aliphatic hydroxyl groups excluding tert-OH is 2. The van der Waals surface area contributed by atoms with Crippen LogP contribution in [0.25, 0.3) is 0 Å². The molecule has 0 aromatic carbocycles. The van der Waals surface area contributed by atoms with Gasteiger partial charge in [-0.15, -0.1) is 0 Å². The molecule has 0 bridgehead atoms. The Morgan fingerprint density at radius 2 is 1.77 bits per heavy atom. The molecular weight excluding hydrogens is 376 g/mol. The molecule has 30 heavy (non-hydrogen) atoms. The predicted octanol–water partition coefficient (Wildman–Crippen LogP) is 5.03. The van der Waals surface area contributed by atoms with E-state index in [1.807, 2.05) is 0 Å². The van der Waals surface area contributed by atoms with Crippen LogP contribution in [0.1, 0.15) is 85.5 Å². The number of rotatable bonds is 4. The Hall–Kier alpha value is -0.870. The normalized spacial score (nSPS) is 50.5. The highest BCUT2D eigenvalue weighted by molar-refractivity contribution is 5.66. The highest BCUT2D eigenvalue weighted by Crippen LogP contribution is 2.69. The van der Waals surface area contributed by atoms with Gasteiger partial charge in [0.1, 0.15) is 0 Å². The number of carboxylic acids is 1. The van der Waals surface area contributed by atoms with Gasteiger partial charge in [0.2, 0.25) is 0 Å². The molecule has 4 fully saturated rings. The monoisotopic (exact) mass is 418 g/mol. The van der Waals surface area contributed by atoms with E-state index in [0.29, 0.717) is 35.5 Å². The van der Waals surface area contributed by atoms with Crippen LogP contribution in [-0.2, 0) is 4.79 Å². The molecule has 2 unspecified atom stereocenters. The highest BCUT2D eigenvalue weighted by Gasteiger charge is 2.63. The minimum absolute atomic E-state index is 0.180. The number of hydrogen-bond donors (Lipinski definition) is 3. The maximum atomic E-state index is 11.6. The minimum atomic E-state index is -0.691. The lowest BCUT2D eigenvalue weighted by Gasteiger charge is -2.63. The lowest BCUT2D eigenvalue weighted by molar-refractivity contribution is -0.147. The fraction of sp³-hybridized carbons (Fsp3) is 0.885. The van der Waals surface area contributed by atoms with E-state index < -0.39 is 5.97 Å². The van der Waals surface area contributed by atoms with Gasteiger partial charge in [0.05, 0.1) is 12.2 Å². The van der Waals surface area contributed by atoms with Gasteiger partial charge in [0, 0.05) is 6.42 Å². The summed E-state index contributed by atoms with van der Waals surface area (Å²) in [6, 6.07) is 0. The summed E-state index contributed by atoms with van der Waals surface area (Å²) in [6.45, 7) is 9.21. The standard InChI is InChI=1S/C26H42O4/c1-5-17-21-14-16(27)10-12-26(21,4)20-11-13-25(3)18(15(2)6-9-22(28)29)7-8-19(25)23(20)24(17)30/h5,15-16,18-21,23-24,27,30H,6-14H2,1-4H3,(H,28,29)/t15-,16-,18-,19?,20?,21+,23+,24-,25-,26-/m1/s1. The lowest BCUT2D eigenvalue weighted by Crippen LogP contribution is -2.59. The van der Waals surface area contributed by atoms with Gasteiger partial charge in [0.15, 0.2) is 0 Å². The average Bonchev–Trinajstić information content (AvgIpc) is 3.05. The van der Waals surface area contributed by atoms with Crippen LogP contribution in [0.3, 0.4) is 0 Å². The second-order valence-electron chi connectivity index (χ2n) is 11.6. The van der Waals surface area contributed by atoms with E-state index in [4.69, 9.17) is 5.11 Å². The zero-order valence-electron chi connectivity index (χ0n) is 19.3. The van der Waals surface area contributed by atoms with Gasteiger partial charge in [-0.3, -0.25) is 4.79 Å². The zero-order chi connectivity index (χ0) is 21.8. The number of fused-ring (bicyclic) bond motifs is 5. The molecule has 4 rings (SSSR count). The molecule has 0 aliphatic heterocycles. The van der Waals surface area contributed by atoms with Gasteiger partial charge in [-0.05, 0) is 110 Å². The van der Waals surface area contributed by atoms with E-state index in [2.05, 4.69) is 33.8 Å². The van der Waals surface area contributed by atoms with Crippen LogP contribution in [-0.4, -0.2) is 33.5 Å². The van der Waals surface area contributed by atoms with Crippen molar-refractivity contribution in [2.75, 3.05) is 0 Å². The first-order chi connectivity index (χ1) is 14.1. The summed E-state index contributed by atoms with van der Waals surface area (Å²) in [5.41, 5.74) is 1.57. The van der Waals surface area contributed by atoms with Gasteiger partial charge in [-0.2, -0.15) is 0 Å². The Kier molecular flexibility index (Phi) is 5.89. The Labute approximate surface area is 182 Å². The Morgan fingerprint density at radius 1 is 1.10 bits per heavy atom. The van der Waals surface area contributed by atoms with Crippen LogP contribution in [0.2, 0.25) is 0 Å². The van der Waals surface area contributed by atoms with Crippen molar-refractivity contribution in [1.29, 1.82) is 0 Å². The molecule has 0 saturated heterocycles. The van der Waals surface area contributed by atoms with E-state index in [9.17, 15) is 15.0 Å². The number of hydrogen-bond acceptors (Lipinski definition) is 3. The van der Waals surface area contributed by atoms with E-state index in [1.165, 1.54) is 18.4 Å². The highest BCUT2D eigenvalue weighted by atomic mass is 16.4. The lowest BCUT2D eigenvalue weighted by atomic mass is 9.42. The molecule has 4 aliphatic rings. The SMILES string of the molecule is CC=C1[C@@H](O)[C@H]2C3CC[C@H]([C@H](C)CCC(=O)O)[C@@]3(C)CCC2[C@@]2(C)CC[C@@H](O)C[C@@H]12. The minimum Gasteiger partial charge on any atom is -0.481 e. The fourth-order valence-corrected chi connectivity index (χ4v) is 9.00. The van der Waals surface area contributed by atoms with Crippen molar-refractivity contribution in [3.63, 3.8) is 0 Å². The van der Waals surface area contributed by atoms with Crippen molar-refractivity contribution in [3.8, 4) is 0 Å². The Bertz CT molecular complexity index is 701. The number of aliphatic carboxylic acids is 1. The van der Waals surface area contributed by atoms with Gasteiger partial charge < -0.3 is 15.3 Å². The van der Waals surface area contributed by atoms with Gasteiger partial charge >= 0.3 is 5.97 Å². The van der Waals surface area contributed by atoms with Crippen LogP contribution < -0.4 is 0 Å². The first kappa shape index (κ1) is 22.3. The molecule has 4 aliphatic carbocycles. The van der Waals surface area contributed by atoms with Crippen LogP contribution in [0.5, 0.6) is 0 Å². The van der Waals surface area contributed by atoms with Crippen molar-refractivity contribution in [1.82, 2.24) is 0 Å². The van der Waals surface area contributed by atoms with Crippen molar-refractivity contribution < 1.29 is 20.1 Å². The second-order valence-corrected chi connectivity index (χ2v) is 11.6. The summed E-state index contributed by atoms with van der Waals surface area (Å²) in [7, 11) is 0. The van der Waals surface area contributed by atoms with Crippen LogP contribution in [0.15, 0.2) is 11.6 Å². The quantitative estimate of drug-likeness (QED) is 0.559. The summed E-state index contributed by atoms with van der Waals surface area (Å²) < 4.78 is 0. The molecule has 0 aromatic rings. The van der Waals surface area contributed by atoms with Gasteiger partial charge in [-0.25, -0.2) is 0 Å². The maximum absolute atomic E-state index is 11.6. The third-order valence-corrected chi connectivity index (χ3v) is 10.5. The molecule has 0 amide bonds. The number of carboxylic acid groups (broad SMARTS) is 1. The number of allylic oxidation sites excluding steroid dienone is 1. The Morgan fingerprint density at radius 3 is 2.43 bits per heavy atom. The molecular formula is C26H42O4. The molecule has 170 valence electrons. The van der Waals surface area contributed by atoms with Crippen molar-refractivity contribution >= 4 is 5.97 Å². The molecule has 3 N–H and O–H groups in total. The molecule has 0 spiro atoms. The second kappa shape index (κ2) is 7.92. The van der Waals surface area contributed by atoms with Crippen molar-refractivity contribution in [2.24, 2.45) is 46.3 Å². The average molecular weight is 419 g/mol. The van der Waals surface area contributed by atoms with Crippen LogP contribution in [0, 0.1) is 46.3 Å². The fourth-order valence-electron chi connectivity index (χ4n) is 9.00. The summed E-state index contributed by atoms with van der Waals surface area (Å²) in [5, 5.41) is 31.2. The summed E-state index contributed by atoms with van der Waals surface area (Å²) in [4.78, 5) is 11.1. The molecule has 10 atom stereocenters. The largest absolute Gasteiger partial charge is 0.481 e. The topological polar surface area (TPSA) is 77.8 Å². The van der Waals surface area contributed by atoms with Gasteiger partial charge in [0.25, 0.3) is 0 Å². The zero-order valence-corrected chi connectivity index (χ0v) is 19.3. The smallest absolute Gasteiger partial charge is 0.303 e. The van der Waals surface area contributed by atoms with E-state index >= 15 is 0 Å². The first-order valence-corrected chi connectivity index (χ1v) is 12.4. The van der Waals surface area contributed by atoms with E-state index in [0.717, 1.165) is 38.5 Å². The third kappa shape index (κ3) is 3.28. The number of aliphatic hydroxyl groups is 2. The van der Waals surface area contributed by atoms with E-state index in [1.54, 1.807) is 0 Å². The molecule has 0 heterocycles. The molecule has 4 nitrogen and oxygen atoms in total. The summed E-state index contributed by atoms with van der Waals surface area (Å²) in [5.74, 6) is 1.94. The van der Waals surface area contributed by atoms with Crippen LogP contribution in [0.4, 0.5) is 0 Å². The molecule has 4 heteroatoms. The number of carbonyl (C=O) groups is 1. The van der Waals surface area contributed by atoms with Gasteiger partial charge in [-0.1, -0.05) is 26.8 Å². The summed E-state index contributed by atoms with van der Waals surface area (Å²) >= 11 is 0. The molecule has 0 aromatic heterocycles. The van der Waals surface area contributed by atoms with E-state index in [-0.39, 0.29) is 29.5 Å². The first-order valence-electron chi connectivity index (χ1n) is 12.4. The Balaban J connectivity index is 1.63. The maximum Gasteiger partial charge on any atom is 0.303 e. The molecule has 0 radical (unpaired) electrons. The van der Waals surface area contributed by atoms with Crippen molar-refractivity contribution in [3.05, 3.63) is 11.6 Å². The summed E-state index contributed by atoms with van der Waals surface area (Å²) in [6.07, 6.45) is 9.99. The van der Waals surface area contributed by atoms with Crippen molar-refractivity contribution in [2.45, 2.75) is 97.7 Å².